The lowest BCUT2D eigenvalue weighted by Crippen LogP contribution is -2.49. The molecule has 136 valence electrons. The van der Waals surface area contributed by atoms with Gasteiger partial charge in [0.2, 0.25) is 5.91 Å². The maximum absolute atomic E-state index is 12.9. The molecule has 1 saturated carbocycles. The summed E-state index contributed by atoms with van der Waals surface area (Å²) >= 11 is 1.41. The number of carbonyl (C=O) groups excluding carboxylic acids is 2. The predicted molar refractivity (Wildman–Crippen MR) is 100 cm³/mol. The van der Waals surface area contributed by atoms with E-state index in [1.54, 1.807) is 4.90 Å². The van der Waals surface area contributed by atoms with E-state index in [1.165, 1.54) is 11.3 Å². The molecular weight excluding hydrogens is 348 g/mol. The minimum atomic E-state index is -0.446. The van der Waals surface area contributed by atoms with Crippen molar-refractivity contribution in [2.75, 3.05) is 11.9 Å². The second kappa shape index (κ2) is 7.15. The Bertz CT molecular complexity index is 817. The molecule has 3 heterocycles. The van der Waals surface area contributed by atoms with Gasteiger partial charge in [-0.25, -0.2) is 9.97 Å². The van der Waals surface area contributed by atoms with Crippen LogP contribution in [0.1, 0.15) is 59.2 Å². The average Bonchev–Trinajstić information content (AvgIpc) is 3.35. The van der Waals surface area contributed by atoms with Gasteiger partial charge in [-0.15, -0.1) is 11.3 Å². The number of nitrogens with one attached hydrogen (secondary N) is 1. The van der Waals surface area contributed by atoms with Crippen LogP contribution in [0.5, 0.6) is 0 Å². The molecule has 1 aliphatic carbocycles. The normalized spacial score (nSPS) is 20.0. The van der Waals surface area contributed by atoms with Gasteiger partial charge in [-0.05, 0) is 50.5 Å². The van der Waals surface area contributed by atoms with E-state index in [1.807, 2.05) is 30.5 Å². The molecule has 0 radical (unpaired) electrons. The van der Waals surface area contributed by atoms with Crippen molar-refractivity contribution in [2.45, 2.75) is 51.0 Å². The zero-order chi connectivity index (χ0) is 18.1. The van der Waals surface area contributed by atoms with Crippen molar-refractivity contribution in [1.29, 1.82) is 0 Å². The number of nitrogens with zero attached hydrogens (tertiary/aromatic N) is 3. The summed E-state index contributed by atoms with van der Waals surface area (Å²) in [6.45, 7) is 2.46. The molecule has 1 aliphatic heterocycles. The van der Waals surface area contributed by atoms with Crippen LogP contribution in [-0.4, -0.2) is 39.3 Å². The number of aromatic nitrogens is 2. The van der Waals surface area contributed by atoms with E-state index < -0.39 is 6.04 Å². The van der Waals surface area contributed by atoms with E-state index in [2.05, 4.69) is 15.3 Å². The third kappa shape index (κ3) is 3.62. The molecule has 0 spiro atoms. The Labute approximate surface area is 156 Å². The van der Waals surface area contributed by atoms with Gasteiger partial charge in [-0.2, -0.15) is 0 Å². The number of piperidine rings is 1. The zero-order valence-corrected chi connectivity index (χ0v) is 15.6. The molecule has 1 atom stereocenters. The first-order chi connectivity index (χ1) is 12.6. The number of likely N-dealkylation sites (tertiary alicyclic amines) is 1. The van der Waals surface area contributed by atoms with Gasteiger partial charge in [0.25, 0.3) is 5.91 Å². The highest BCUT2D eigenvalue weighted by Crippen LogP contribution is 2.39. The van der Waals surface area contributed by atoms with Crippen molar-refractivity contribution in [3.05, 3.63) is 40.0 Å². The van der Waals surface area contributed by atoms with Gasteiger partial charge < -0.3 is 10.2 Å². The highest BCUT2D eigenvalue weighted by atomic mass is 32.1. The number of hydrogen-bond acceptors (Lipinski definition) is 5. The first-order valence-corrected chi connectivity index (χ1v) is 10.0. The van der Waals surface area contributed by atoms with Crippen molar-refractivity contribution in [1.82, 2.24) is 14.9 Å². The van der Waals surface area contributed by atoms with Gasteiger partial charge in [0.15, 0.2) is 0 Å². The average molecular weight is 370 g/mol. The molecule has 4 rings (SSSR count). The summed E-state index contributed by atoms with van der Waals surface area (Å²) in [6.07, 6.45) is 4.86. The standard InChI is InChI=1S/C19H22N4O2S/c1-12-20-14(13-7-8-13)11-17(21-12)22-18(24)15-5-2-3-9-23(15)19(25)16-6-4-10-26-16/h4,6,10-11,13,15H,2-3,5,7-9H2,1H3,(H,20,21,22,24). The van der Waals surface area contributed by atoms with Crippen LogP contribution < -0.4 is 5.32 Å². The molecule has 1 saturated heterocycles. The Morgan fingerprint density at radius 1 is 1.23 bits per heavy atom. The number of amides is 2. The van der Waals surface area contributed by atoms with Gasteiger partial charge >= 0.3 is 0 Å². The third-order valence-electron chi connectivity index (χ3n) is 4.90. The highest BCUT2D eigenvalue weighted by molar-refractivity contribution is 7.12. The maximum Gasteiger partial charge on any atom is 0.264 e. The van der Waals surface area contributed by atoms with Crippen LogP contribution in [0.4, 0.5) is 5.82 Å². The summed E-state index contributed by atoms with van der Waals surface area (Å²) in [7, 11) is 0. The molecule has 2 fully saturated rings. The van der Waals surface area contributed by atoms with Crippen LogP contribution in [0, 0.1) is 6.92 Å². The molecule has 0 bridgehead atoms. The summed E-state index contributed by atoms with van der Waals surface area (Å²) < 4.78 is 0. The topological polar surface area (TPSA) is 75.2 Å². The quantitative estimate of drug-likeness (QED) is 0.895. The summed E-state index contributed by atoms with van der Waals surface area (Å²) in [4.78, 5) is 36.9. The SMILES string of the molecule is Cc1nc(NC(=O)C2CCCCN2C(=O)c2cccs2)cc(C2CC2)n1. The molecule has 26 heavy (non-hydrogen) atoms. The largest absolute Gasteiger partial charge is 0.326 e. The lowest BCUT2D eigenvalue weighted by molar-refractivity contribution is -0.121. The molecule has 1 N–H and O–H groups in total. The fourth-order valence-electron chi connectivity index (χ4n) is 3.44. The van der Waals surface area contributed by atoms with Crippen molar-refractivity contribution in [3.63, 3.8) is 0 Å². The van der Waals surface area contributed by atoms with Crippen LogP contribution in [0.25, 0.3) is 0 Å². The molecule has 2 aliphatic rings. The summed E-state index contributed by atoms with van der Waals surface area (Å²) in [6, 6.07) is 5.10. The number of carbonyl (C=O) groups is 2. The summed E-state index contributed by atoms with van der Waals surface area (Å²) in [5.41, 5.74) is 1.00. The lowest BCUT2D eigenvalue weighted by atomic mass is 10.0. The van der Waals surface area contributed by atoms with E-state index in [4.69, 9.17) is 0 Å². The minimum absolute atomic E-state index is 0.0580. The fraction of sp³-hybridized carbons (Fsp3) is 0.474. The van der Waals surface area contributed by atoms with Crippen molar-refractivity contribution < 1.29 is 9.59 Å². The molecule has 6 nitrogen and oxygen atoms in total. The Balaban J connectivity index is 1.51. The number of rotatable bonds is 4. The Hall–Kier alpha value is -2.28. The van der Waals surface area contributed by atoms with Gasteiger partial charge in [0.1, 0.15) is 17.7 Å². The second-order valence-corrected chi connectivity index (χ2v) is 7.92. The van der Waals surface area contributed by atoms with Gasteiger partial charge in [0.05, 0.1) is 4.88 Å². The predicted octanol–water partition coefficient (Wildman–Crippen LogP) is 3.36. The Kier molecular flexibility index (Phi) is 4.72. The molecule has 2 amide bonds. The zero-order valence-electron chi connectivity index (χ0n) is 14.8. The Morgan fingerprint density at radius 3 is 2.81 bits per heavy atom. The van der Waals surface area contributed by atoms with Gasteiger partial charge in [-0.3, -0.25) is 9.59 Å². The van der Waals surface area contributed by atoms with Gasteiger partial charge in [-0.1, -0.05) is 6.07 Å². The Morgan fingerprint density at radius 2 is 2.08 bits per heavy atom. The second-order valence-electron chi connectivity index (χ2n) is 6.98. The van der Waals surface area contributed by atoms with Crippen LogP contribution in [-0.2, 0) is 4.79 Å². The number of thiophene rings is 1. The van der Waals surface area contributed by atoms with E-state index in [-0.39, 0.29) is 11.8 Å². The first-order valence-electron chi connectivity index (χ1n) is 9.13. The summed E-state index contributed by atoms with van der Waals surface area (Å²) in [5.74, 6) is 1.49. The minimum Gasteiger partial charge on any atom is -0.326 e. The van der Waals surface area contributed by atoms with Crippen LogP contribution in [0.3, 0.4) is 0 Å². The van der Waals surface area contributed by atoms with E-state index in [0.29, 0.717) is 35.4 Å². The van der Waals surface area contributed by atoms with Crippen molar-refractivity contribution >= 4 is 29.0 Å². The molecular formula is C19H22N4O2S. The van der Waals surface area contributed by atoms with Crippen molar-refractivity contribution in [3.8, 4) is 0 Å². The lowest BCUT2D eigenvalue weighted by Gasteiger charge is -2.34. The van der Waals surface area contributed by atoms with E-state index in [0.717, 1.165) is 31.4 Å². The number of aryl methyl sites for hydroxylation is 1. The van der Waals surface area contributed by atoms with Crippen LogP contribution in [0.2, 0.25) is 0 Å². The maximum atomic E-state index is 12.9. The van der Waals surface area contributed by atoms with E-state index >= 15 is 0 Å². The molecule has 2 aromatic rings. The molecule has 0 aromatic carbocycles. The number of hydrogen-bond donors (Lipinski definition) is 1. The molecule has 2 aromatic heterocycles. The van der Waals surface area contributed by atoms with Crippen molar-refractivity contribution in [2.24, 2.45) is 0 Å². The van der Waals surface area contributed by atoms with Crippen LogP contribution in [0.15, 0.2) is 23.6 Å². The fourth-order valence-corrected chi connectivity index (χ4v) is 4.12. The van der Waals surface area contributed by atoms with Crippen LogP contribution >= 0.6 is 11.3 Å². The smallest absolute Gasteiger partial charge is 0.264 e. The molecule has 1 unspecified atom stereocenters. The van der Waals surface area contributed by atoms with E-state index in [9.17, 15) is 9.59 Å². The van der Waals surface area contributed by atoms with Gasteiger partial charge in [0, 0.05) is 24.2 Å². The highest BCUT2D eigenvalue weighted by Gasteiger charge is 2.33. The number of anilines is 1. The molecule has 7 heteroatoms. The summed E-state index contributed by atoms with van der Waals surface area (Å²) in [5, 5.41) is 4.81. The first kappa shape index (κ1) is 17.1. The monoisotopic (exact) mass is 370 g/mol. The third-order valence-corrected chi connectivity index (χ3v) is 5.76.